The Kier molecular flexibility index (Phi) is 9.08. The van der Waals surface area contributed by atoms with E-state index in [2.05, 4.69) is 15.3 Å². The van der Waals surface area contributed by atoms with Gasteiger partial charge >= 0.3 is 0 Å². The smallest absolute Gasteiger partial charge is 0.248 e. The van der Waals surface area contributed by atoms with Crippen LogP contribution in [0.3, 0.4) is 0 Å². The van der Waals surface area contributed by atoms with E-state index >= 15 is 0 Å². The molecule has 2 aromatic heterocycles. The fourth-order valence-electron chi connectivity index (χ4n) is 6.44. The Morgan fingerprint density at radius 3 is 2.23 bits per heavy atom. The van der Waals surface area contributed by atoms with E-state index in [9.17, 15) is 37.3 Å². The van der Waals surface area contributed by atoms with Crippen molar-refractivity contribution in [2.45, 2.75) is 86.7 Å². The Hall–Kier alpha value is -2.72. The van der Waals surface area contributed by atoms with E-state index in [4.69, 9.17) is 9.72 Å². The molecule has 3 N–H and O–H groups in total. The Bertz CT molecular complexity index is 1490. The van der Waals surface area contributed by atoms with Gasteiger partial charge in [-0.15, -0.1) is 5.10 Å². The summed E-state index contributed by atoms with van der Waals surface area (Å²) in [6.07, 6.45) is -2.19. The monoisotopic (exact) mass is 645 g/mol. The number of aromatic nitrogens is 5. The Morgan fingerprint density at radius 2 is 1.64 bits per heavy atom. The standard InChI is InChI=1S/C29H36F5N5O4S/c1-14-15(2)36-24(16(3)35-14)27(28(42)5-7-29(33,34)8-6-28)44-13-21(43-4)25(26(41)22(44)12-40)39-11-20(37-38-39)17-9-18(30)23(32)19(31)10-17/h9-11,21-22,25-27,40-42,44H,5-8,12-13H2,1-4H3/t21-,22+,25+,26-,27-/m0/s1. The molecule has 6 atom stereocenters. The van der Waals surface area contributed by atoms with Gasteiger partial charge < -0.3 is 20.1 Å². The molecule has 0 bridgehead atoms. The van der Waals surface area contributed by atoms with Gasteiger partial charge in [0.1, 0.15) is 11.7 Å². The van der Waals surface area contributed by atoms with Crippen LogP contribution in [-0.2, 0) is 4.74 Å². The lowest BCUT2D eigenvalue weighted by atomic mass is 9.79. The second kappa shape index (κ2) is 12.2. The molecule has 242 valence electrons. The molecule has 0 amide bonds. The SMILES string of the molecule is CO[C@H]1C[SH]([C@@H](c2nc(C)c(C)nc2C)C2(O)CCC(F)(F)CC2)[C@H](CO)[C@H](O)[C@@H]1n1cc(-c2cc(F)c(F)c(F)c2)nn1. The van der Waals surface area contributed by atoms with E-state index in [1.807, 2.05) is 0 Å². The number of methoxy groups -OCH3 is 1. The maximum atomic E-state index is 14.3. The number of aliphatic hydroxyl groups excluding tert-OH is 2. The van der Waals surface area contributed by atoms with Crippen molar-refractivity contribution in [1.82, 2.24) is 25.0 Å². The average molecular weight is 646 g/mol. The van der Waals surface area contributed by atoms with E-state index < -0.39 is 88.1 Å². The van der Waals surface area contributed by atoms with Gasteiger partial charge in [-0.2, -0.15) is 0 Å². The van der Waals surface area contributed by atoms with Crippen molar-refractivity contribution in [3.8, 4) is 11.3 Å². The molecule has 1 aromatic carbocycles. The van der Waals surface area contributed by atoms with Gasteiger partial charge in [0.15, 0.2) is 17.5 Å². The summed E-state index contributed by atoms with van der Waals surface area (Å²) in [5, 5.41) is 40.9. The molecule has 2 aliphatic rings. The molecule has 15 heteroatoms. The van der Waals surface area contributed by atoms with Gasteiger partial charge in [-0.3, -0.25) is 9.97 Å². The van der Waals surface area contributed by atoms with Crippen LogP contribution in [0.15, 0.2) is 18.3 Å². The fraction of sp³-hybridized carbons (Fsp3) is 0.586. The molecule has 0 spiro atoms. The number of nitrogens with zero attached hydrogens (tertiary/aromatic N) is 5. The van der Waals surface area contributed by atoms with Crippen molar-refractivity contribution in [3.05, 3.63) is 58.6 Å². The van der Waals surface area contributed by atoms with E-state index in [-0.39, 0.29) is 29.9 Å². The summed E-state index contributed by atoms with van der Waals surface area (Å²) in [5.74, 6) is -7.13. The van der Waals surface area contributed by atoms with Crippen LogP contribution in [-0.4, -0.2) is 88.7 Å². The molecule has 1 unspecified atom stereocenters. The summed E-state index contributed by atoms with van der Waals surface area (Å²) in [7, 11) is -0.169. The van der Waals surface area contributed by atoms with Crippen molar-refractivity contribution in [2.24, 2.45) is 0 Å². The zero-order valence-corrected chi connectivity index (χ0v) is 25.6. The number of hydrogen-bond donors (Lipinski definition) is 4. The minimum atomic E-state index is -2.92. The first-order valence-corrected chi connectivity index (χ1v) is 15.9. The second-order valence-electron chi connectivity index (χ2n) is 11.8. The lowest BCUT2D eigenvalue weighted by molar-refractivity contribution is -0.105. The highest BCUT2D eigenvalue weighted by Crippen LogP contribution is 2.61. The number of alkyl halides is 2. The van der Waals surface area contributed by atoms with E-state index in [1.165, 1.54) is 18.0 Å². The first-order chi connectivity index (χ1) is 20.7. The number of ether oxygens (including phenoxy) is 1. The van der Waals surface area contributed by atoms with Crippen LogP contribution < -0.4 is 0 Å². The lowest BCUT2D eigenvalue weighted by Gasteiger charge is -2.53. The van der Waals surface area contributed by atoms with Gasteiger partial charge in [0.2, 0.25) is 5.92 Å². The first-order valence-electron chi connectivity index (χ1n) is 14.3. The van der Waals surface area contributed by atoms with E-state index in [0.29, 0.717) is 22.8 Å². The number of thiol groups is 1. The Morgan fingerprint density at radius 1 is 1.02 bits per heavy atom. The lowest BCUT2D eigenvalue weighted by Crippen LogP contribution is -2.54. The molecule has 2 fully saturated rings. The molecule has 1 aliphatic heterocycles. The fourth-order valence-corrected chi connectivity index (χ4v) is 10.3. The van der Waals surface area contributed by atoms with Crippen LogP contribution in [0.1, 0.15) is 59.8 Å². The van der Waals surface area contributed by atoms with Crippen LogP contribution in [0.2, 0.25) is 0 Å². The van der Waals surface area contributed by atoms with Crippen LogP contribution >= 0.6 is 10.9 Å². The zero-order chi connectivity index (χ0) is 32.1. The third-order valence-electron chi connectivity index (χ3n) is 8.99. The number of halogens is 5. The zero-order valence-electron chi connectivity index (χ0n) is 24.7. The summed E-state index contributed by atoms with van der Waals surface area (Å²) in [6, 6.07) is 0.629. The number of rotatable bonds is 7. The third-order valence-corrected chi connectivity index (χ3v) is 12.5. The van der Waals surface area contributed by atoms with E-state index in [1.54, 1.807) is 20.8 Å². The van der Waals surface area contributed by atoms with Crippen molar-refractivity contribution in [2.75, 3.05) is 19.5 Å². The highest BCUT2D eigenvalue weighted by atomic mass is 32.2. The molecular weight excluding hydrogens is 609 g/mol. The Balaban J connectivity index is 1.55. The van der Waals surface area contributed by atoms with Crippen molar-refractivity contribution < 1.29 is 42.0 Å². The van der Waals surface area contributed by atoms with E-state index in [0.717, 1.165) is 12.1 Å². The number of aliphatic hydroxyl groups is 3. The van der Waals surface area contributed by atoms with Gasteiger partial charge in [0.25, 0.3) is 0 Å². The molecule has 9 nitrogen and oxygen atoms in total. The van der Waals surface area contributed by atoms with Gasteiger partial charge in [0.05, 0.1) is 58.6 Å². The maximum absolute atomic E-state index is 14.3. The van der Waals surface area contributed by atoms with Crippen molar-refractivity contribution >= 4 is 10.9 Å². The summed E-state index contributed by atoms with van der Waals surface area (Å²) < 4.78 is 77.0. The van der Waals surface area contributed by atoms with Crippen LogP contribution in [0, 0.1) is 38.2 Å². The molecule has 1 aliphatic carbocycles. The largest absolute Gasteiger partial charge is 0.395 e. The summed E-state index contributed by atoms with van der Waals surface area (Å²) in [4.78, 5) is 9.37. The van der Waals surface area contributed by atoms with Crippen LogP contribution in [0.5, 0.6) is 0 Å². The minimum absolute atomic E-state index is 0.00888. The van der Waals surface area contributed by atoms with Crippen LogP contribution in [0.4, 0.5) is 22.0 Å². The van der Waals surface area contributed by atoms with Gasteiger partial charge in [-0.1, -0.05) is 5.21 Å². The first kappa shape index (κ1) is 32.7. The van der Waals surface area contributed by atoms with Crippen molar-refractivity contribution in [3.63, 3.8) is 0 Å². The second-order valence-corrected chi connectivity index (χ2v) is 14.3. The third kappa shape index (κ3) is 5.96. The topological polar surface area (TPSA) is 126 Å². The molecule has 3 heterocycles. The quantitative estimate of drug-likeness (QED) is 0.172. The summed E-state index contributed by atoms with van der Waals surface area (Å²) in [6.45, 7) is 4.79. The number of benzene rings is 1. The molecule has 0 radical (unpaired) electrons. The average Bonchev–Trinajstić information content (AvgIpc) is 3.45. The minimum Gasteiger partial charge on any atom is -0.395 e. The predicted molar refractivity (Wildman–Crippen MR) is 153 cm³/mol. The highest BCUT2D eigenvalue weighted by molar-refractivity contribution is 8.18. The molecule has 5 rings (SSSR count). The highest BCUT2D eigenvalue weighted by Gasteiger charge is 2.55. The normalized spacial score (nSPS) is 28.1. The van der Waals surface area contributed by atoms with Gasteiger partial charge in [0, 0.05) is 36.5 Å². The number of aryl methyl sites for hydroxylation is 3. The molecule has 1 saturated heterocycles. The van der Waals surface area contributed by atoms with Gasteiger partial charge in [-0.25, -0.2) is 37.5 Å². The predicted octanol–water partition coefficient (Wildman–Crippen LogP) is 4.05. The summed E-state index contributed by atoms with van der Waals surface area (Å²) in [5.41, 5.74) is 0.577. The molecular formula is C29H36F5N5O4S. The summed E-state index contributed by atoms with van der Waals surface area (Å²) >= 11 is 0. The molecule has 1 saturated carbocycles. The number of hydrogen-bond acceptors (Lipinski definition) is 8. The van der Waals surface area contributed by atoms with Gasteiger partial charge in [-0.05, 0) is 45.7 Å². The maximum Gasteiger partial charge on any atom is 0.248 e. The van der Waals surface area contributed by atoms with Crippen LogP contribution in [0.25, 0.3) is 11.3 Å². The molecule has 44 heavy (non-hydrogen) atoms. The van der Waals surface area contributed by atoms with Crippen molar-refractivity contribution in [1.29, 1.82) is 0 Å². The Labute approximate surface area is 253 Å². The molecule has 3 aromatic rings.